The number of rotatable bonds is 5. The van der Waals surface area contributed by atoms with Crippen LogP contribution < -0.4 is 10.6 Å². The van der Waals surface area contributed by atoms with Gasteiger partial charge < -0.3 is 9.73 Å². The molecule has 51 heavy (non-hydrogen) atoms. The van der Waals surface area contributed by atoms with Crippen molar-refractivity contribution in [3.63, 3.8) is 0 Å². The van der Waals surface area contributed by atoms with Gasteiger partial charge in [-0.15, -0.1) is 0 Å². The maximum absolute atomic E-state index is 6.40. The van der Waals surface area contributed by atoms with Gasteiger partial charge in [0.15, 0.2) is 0 Å². The van der Waals surface area contributed by atoms with Crippen LogP contribution in [0.3, 0.4) is 0 Å². The summed E-state index contributed by atoms with van der Waals surface area (Å²) in [6, 6.07) is 62.2. The molecular weight excluding hydrogens is 623 g/mol. The summed E-state index contributed by atoms with van der Waals surface area (Å²) in [4.78, 5) is 5.39. The highest BCUT2D eigenvalue weighted by Crippen LogP contribution is 2.39. The minimum Gasteiger partial charge on any atom is -0.456 e. The molecule has 0 fully saturated rings. The zero-order chi connectivity index (χ0) is 33.7. The lowest BCUT2D eigenvalue weighted by Gasteiger charge is -2.33. The number of furan rings is 1. The Balaban J connectivity index is 1.08. The van der Waals surface area contributed by atoms with E-state index in [-0.39, 0.29) is 12.3 Å². The van der Waals surface area contributed by atoms with E-state index in [1.165, 1.54) is 32.7 Å². The number of aliphatic imine (C=N–C) groups is 1. The van der Waals surface area contributed by atoms with Crippen molar-refractivity contribution in [2.45, 2.75) is 12.3 Å². The lowest BCUT2D eigenvalue weighted by Crippen LogP contribution is -2.45. The molecule has 10 rings (SSSR count). The lowest BCUT2D eigenvalue weighted by molar-refractivity contribution is 0.409. The Kier molecular flexibility index (Phi) is 7.00. The Morgan fingerprint density at radius 3 is 2.00 bits per heavy atom. The summed E-state index contributed by atoms with van der Waals surface area (Å²) in [7, 11) is 0. The smallest absolute Gasteiger partial charge is 0.136 e. The van der Waals surface area contributed by atoms with Crippen LogP contribution in [0.2, 0.25) is 0 Å². The number of benzene rings is 8. The highest BCUT2D eigenvalue weighted by atomic mass is 16.3. The number of hydrogen-bond donors (Lipinski definition) is 2. The third-order valence-corrected chi connectivity index (χ3v) is 10.2. The summed E-state index contributed by atoms with van der Waals surface area (Å²) in [5.41, 5.74) is 9.59. The number of nitrogens with one attached hydrogen (secondary N) is 2. The number of amidine groups is 1. The van der Waals surface area contributed by atoms with Crippen molar-refractivity contribution in [2.24, 2.45) is 4.99 Å². The summed E-state index contributed by atoms with van der Waals surface area (Å²) in [6.07, 6.45) is -0.462. The van der Waals surface area contributed by atoms with E-state index < -0.39 is 0 Å². The van der Waals surface area contributed by atoms with E-state index in [1.807, 2.05) is 18.2 Å². The molecule has 242 valence electrons. The third kappa shape index (κ3) is 5.16. The van der Waals surface area contributed by atoms with Crippen molar-refractivity contribution >= 4 is 49.3 Å². The van der Waals surface area contributed by atoms with Gasteiger partial charge in [-0.05, 0) is 79.2 Å². The van der Waals surface area contributed by atoms with Crippen LogP contribution >= 0.6 is 0 Å². The van der Waals surface area contributed by atoms with Crippen LogP contribution in [0, 0.1) is 0 Å². The quantitative estimate of drug-likeness (QED) is 0.181. The van der Waals surface area contributed by atoms with Crippen molar-refractivity contribution in [1.82, 2.24) is 10.6 Å². The van der Waals surface area contributed by atoms with E-state index >= 15 is 0 Å². The fraction of sp³-hybridized carbons (Fsp3) is 0.0426. The molecule has 0 amide bonds. The zero-order valence-corrected chi connectivity index (χ0v) is 27.8. The number of fused-ring (bicyclic) bond motifs is 6. The van der Waals surface area contributed by atoms with Gasteiger partial charge in [-0.25, -0.2) is 4.99 Å². The largest absolute Gasteiger partial charge is 0.456 e. The molecule has 9 aromatic rings. The standard InChI is InChI=1S/C47H33N3O/c1-3-11-31(12-4-1)39-27-28-42-43(40-17-9-10-18-41(40)51-42)44(39)47-49-45(33-14-5-2-6-15-33)48-46(50-47)34-22-19-30(20-23-34)35-25-26-38-36(29-35)24-21-32-13-7-8-16-37(32)38/h1-29,45-46,48H,(H,49,50). The Labute approximate surface area is 295 Å². The first kappa shape index (κ1) is 29.4. The van der Waals surface area contributed by atoms with Crippen molar-refractivity contribution < 1.29 is 4.42 Å². The van der Waals surface area contributed by atoms with Gasteiger partial charge in [0.2, 0.25) is 0 Å². The first-order valence-electron chi connectivity index (χ1n) is 17.4. The minimum atomic E-state index is -0.264. The molecule has 4 nitrogen and oxygen atoms in total. The SMILES string of the molecule is c1ccc(-c2ccc3oc4ccccc4c3c2C2=NC(c3ccccc3)NC(c3ccc(-c4ccc5c(ccc6ccccc65)c4)cc3)N2)cc1. The summed E-state index contributed by atoms with van der Waals surface area (Å²) >= 11 is 0. The van der Waals surface area contributed by atoms with Crippen molar-refractivity contribution in [1.29, 1.82) is 0 Å². The van der Waals surface area contributed by atoms with Gasteiger partial charge in [0.25, 0.3) is 0 Å². The molecule has 2 heterocycles. The molecule has 2 atom stereocenters. The van der Waals surface area contributed by atoms with Crippen molar-refractivity contribution in [2.75, 3.05) is 0 Å². The van der Waals surface area contributed by atoms with Crippen molar-refractivity contribution in [3.05, 3.63) is 193 Å². The summed E-state index contributed by atoms with van der Waals surface area (Å²) in [5, 5.41) is 14.8. The van der Waals surface area contributed by atoms with Gasteiger partial charge in [0, 0.05) is 16.3 Å². The van der Waals surface area contributed by atoms with E-state index in [0.29, 0.717) is 0 Å². The monoisotopic (exact) mass is 655 g/mol. The molecule has 0 aliphatic carbocycles. The molecule has 0 radical (unpaired) electrons. The number of nitrogens with zero attached hydrogens (tertiary/aromatic N) is 1. The maximum Gasteiger partial charge on any atom is 0.136 e. The highest BCUT2D eigenvalue weighted by molar-refractivity contribution is 6.21. The maximum atomic E-state index is 6.40. The van der Waals surface area contributed by atoms with Crippen LogP contribution in [-0.2, 0) is 0 Å². The first-order chi connectivity index (χ1) is 25.3. The number of para-hydroxylation sites is 1. The predicted molar refractivity (Wildman–Crippen MR) is 211 cm³/mol. The molecule has 2 unspecified atom stereocenters. The van der Waals surface area contributed by atoms with Crippen LogP contribution in [0.25, 0.3) is 65.7 Å². The molecule has 0 saturated carbocycles. The molecular formula is C47H33N3O. The van der Waals surface area contributed by atoms with Gasteiger partial charge >= 0.3 is 0 Å². The van der Waals surface area contributed by atoms with E-state index in [9.17, 15) is 0 Å². The molecule has 0 spiro atoms. The van der Waals surface area contributed by atoms with Crippen LogP contribution in [0.5, 0.6) is 0 Å². The lowest BCUT2D eigenvalue weighted by atomic mass is 9.93. The Morgan fingerprint density at radius 1 is 0.471 bits per heavy atom. The minimum absolute atomic E-state index is 0.197. The predicted octanol–water partition coefficient (Wildman–Crippen LogP) is 11.6. The van der Waals surface area contributed by atoms with Gasteiger partial charge in [0.1, 0.15) is 29.3 Å². The zero-order valence-electron chi connectivity index (χ0n) is 27.8. The van der Waals surface area contributed by atoms with Gasteiger partial charge in [-0.3, -0.25) is 5.32 Å². The van der Waals surface area contributed by atoms with Crippen LogP contribution in [-0.4, -0.2) is 5.84 Å². The average molecular weight is 656 g/mol. The van der Waals surface area contributed by atoms with Gasteiger partial charge in [-0.2, -0.15) is 0 Å². The third-order valence-electron chi connectivity index (χ3n) is 10.2. The second-order valence-corrected chi connectivity index (χ2v) is 13.2. The molecule has 4 heteroatoms. The Bertz CT molecular complexity index is 2750. The average Bonchev–Trinajstić information content (AvgIpc) is 3.59. The van der Waals surface area contributed by atoms with Gasteiger partial charge in [0.05, 0.1) is 0 Å². The Morgan fingerprint density at radius 2 is 1.16 bits per heavy atom. The topological polar surface area (TPSA) is 49.6 Å². The molecule has 0 saturated heterocycles. The van der Waals surface area contributed by atoms with Crippen LogP contribution in [0.4, 0.5) is 0 Å². The molecule has 1 aliphatic rings. The van der Waals surface area contributed by atoms with Crippen LogP contribution in [0.1, 0.15) is 29.0 Å². The summed E-state index contributed by atoms with van der Waals surface area (Å²) in [6.45, 7) is 0. The second-order valence-electron chi connectivity index (χ2n) is 13.2. The fourth-order valence-electron chi connectivity index (χ4n) is 7.64. The second kappa shape index (κ2) is 12.1. The molecule has 1 aliphatic heterocycles. The van der Waals surface area contributed by atoms with Crippen molar-refractivity contribution in [3.8, 4) is 22.3 Å². The summed E-state index contributed by atoms with van der Waals surface area (Å²) in [5.74, 6) is 0.828. The Hall–Kier alpha value is -6.49. The summed E-state index contributed by atoms with van der Waals surface area (Å²) < 4.78 is 6.40. The highest BCUT2D eigenvalue weighted by Gasteiger charge is 2.29. The van der Waals surface area contributed by atoms with E-state index in [4.69, 9.17) is 9.41 Å². The molecule has 1 aromatic heterocycles. The molecule has 0 bridgehead atoms. The number of hydrogen-bond acceptors (Lipinski definition) is 4. The van der Waals surface area contributed by atoms with E-state index in [0.717, 1.165) is 55.6 Å². The van der Waals surface area contributed by atoms with Crippen LogP contribution in [0.15, 0.2) is 185 Å². The van der Waals surface area contributed by atoms with Gasteiger partial charge in [-0.1, -0.05) is 152 Å². The molecule has 2 N–H and O–H groups in total. The fourth-order valence-corrected chi connectivity index (χ4v) is 7.64. The normalized spacial score (nSPS) is 16.0. The molecule has 8 aromatic carbocycles. The first-order valence-corrected chi connectivity index (χ1v) is 17.4. The van der Waals surface area contributed by atoms with E-state index in [2.05, 4.69) is 168 Å². The van der Waals surface area contributed by atoms with E-state index in [1.54, 1.807) is 0 Å².